The van der Waals surface area contributed by atoms with Crippen molar-refractivity contribution in [2.75, 3.05) is 6.54 Å². The predicted molar refractivity (Wildman–Crippen MR) is 52.7 cm³/mol. The van der Waals surface area contributed by atoms with Gasteiger partial charge in [-0.15, -0.1) is 0 Å². The Labute approximate surface area is 80.1 Å². The first kappa shape index (κ1) is 9.20. The zero-order valence-corrected chi connectivity index (χ0v) is 8.27. The van der Waals surface area contributed by atoms with E-state index < -0.39 is 0 Å². The van der Waals surface area contributed by atoms with Gasteiger partial charge < -0.3 is 5.32 Å². The van der Waals surface area contributed by atoms with Crippen LogP contribution >= 0.6 is 0 Å². The van der Waals surface area contributed by atoms with E-state index in [1.165, 1.54) is 32.1 Å². The summed E-state index contributed by atoms with van der Waals surface area (Å²) < 4.78 is 0. The fourth-order valence-electron chi connectivity index (χ4n) is 2.75. The molecule has 0 radical (unpaired) electrons. The van der Waals surface area contributed by atoms with E-state index in [9.17, 15) is 4.79 Å². The molecule has 0 aromatic heterocycles. The Morgan fingerprint density at radius 2 is 1.85 bits per heavy atom. The van der Waals surface area contributed by atoms with Crippen LogP contribution in [0.4, 0.5) is 0 Å². The van der Waals surface area contributed by atoms with Gasteiger partial charge in [0.15, 0.2) is 0 Å². The molecule has 1 N–H and O–H groups in total. The SMILES string of the molecule is O=C1CCCNC2(CCCCC2)C1. The van der Waals surface area contributed by atoms with Crippen LogP contribution in [0.25, 0.3) is 0 Å². The molecule has 1 saturated carbocycles. The number of hydrogen-bond acceptors (Lipinski definition) is 2. The number of nitrogens with one attached hydrogen (secondary N) is 1. The first-order valence-electron chi connectivity index (χ1n) is 5.58. The molecule has 1 spiro atoms. The standard InChI is InChI=1S/C11H19NO/c13-10-5-4-8-12-11(9-10)6-2-1-3-7-11/h12H,1-9H2. The lowest BCUT2D eigenvalue weighted by Gasteiger charge is -2.36. The minimum absolute atomic E-state index is 0.214. The Hall–Kier alpha value is -0.370. The Morgan fingerprint density at radius 3 is 2.62 bits per heavy atom. The molecule has 0 unspecified atom stereocenters. The lowest BCUT2D eigenvalue weighted by atomic mass is 9.78. The first-order chi connectivity index (χ1) is 6.31. The third-order valence-electron chi connectivity index (χ3n) is 3.48. The lowest BCUT2D eigenvalue weighted by molar-refractivity contribution is -0.120. The van der Waals surface area contributed by atoms with Gasteiger partial charge in [-0.3, -0.25) is 4.79 Å². The second-order valence-corrected chi connectivity index (χ2v) is 4.59. The van der Waals surface area contributed by atoms with E-state index in [0.717, 1.165) is 25.8 Å². The molecule has 2 nitrogen and oxygen atoms in total. The lowest BCUT2D eigenvalue weighted by Crippen LogP contribution is -2.47. The van der Waals surface area contributed by atoms with E-state index in [-0.39, 0.29) is 5.54 Å². The molecule has 0 bridgehead atoms. The van der Waals surface area contributed by atoms with Crippen LogP contribution in [0.15, 0.2) is 0 Å². The molecule has 0 aromatic rings. The van der Waals surface area contributed by atoms with E-state index in [1.807, 2.05) is 0 Å². The number of carbonyl (C=O) groups excluding carboxylic acids is 1. The van der Waals surface area contributed by atoms with Gasteiger partial charge in [0, 0.05) is 18.4 Å². The molecule has 2 fully saturated rings. The van der Waals surface area contributed by atoms with Crippen molar-refractivity contribution < 1.29 is 4.79 Å². The molecular weight excluding hydrogens is 162 g/mol. The molecule has 74 valence electrons. The maximum Gasteiger partial charge on any atom is 0.134 e. The average Bonchev–Trinajstić information content (AvgIpc) is 2.29. The number of ketones is 1. The summed E-state index contributed by atoms with van der Waals surface area (Å²) in [6, 6.07) is 0. The van der Waals surface area contributed by atoms with Crippen LogP contribution < -0.4 is 5.32 Å². The van der Waals surface area contributed by atoms with E-state index in [4.69, 9.17) is 0 Å². The van der Waals surface area contributed by atoms with Crippen molar-refractivity contribution >= 4 is 5.78 Å². The summed E-state index contributed by atoms with van der Waals surface area (Å²) in [6.07, 6.45) is 9.05. The molecule has 1 saturated heterocycles. The third kappa shape index (κ3) is 2.11. The molecule has 2 rings (SSSR count). The maximum atomic E-state index is 11.5. The van der Waals surface area contributed by atoms with Crippen molar-refractivity contribution in [3.63, 3.8) is 0 Å². The molecule has 0 aromatic carbocycles. The van der Waals surface area contributed by atoms with Gasteiger partial charge in [0.1, 0.15) is 5.78 Å². The van der Waals surface area contributed by atoms with E-state index in [2.05, 4.69) is 5.32 Å². The van der Waals surface area contributed by atoms with Gasteiger partial charge in [-0.05, 0) is 25.8 Å². The van der Waals surface area contributed by atoms with Gasteiger partial charge in [-0.25, -0.2) is 0 Å². The van der Waals surface area contributed by atoms with E-state index in [1.54, 1.807) is 0 Å². The Morgan fingerprint density at radius 1 is 1.08 bits per heavy atom. The Balaban J connectivity index is 2.04. The Bertz CT molecular complexity index is 194. The largest absolute Gasteiger partial charge is 0.311 e. The summed E-state index contributed by atoms with van der Waals surface area (Å²) in [7, 11) is 0. The van der Waals surface area contributed by atoms with Crippen LogP contribution in [0.1, 0.15) is 51.4 Å². The van der Waals surface area contributed by atoms with Crippen LogP contribution in [0.2, 0.25) is 0 Å². The number of Topliss-reactive ketones (excluding diaryl/α,β-unsaturated/α-hetero) is 1. The number of rotatable bonds is 0. The summed E-state index contributed by atoms with van der Waals surface area (Å²) in [5.74, 6) is 0.479. The van der Waals surface area contributed by atoms with Crippen molar-refractivity contribution in [3.8, 4) is 0 Å². The second-order valence-electron chi connectivity index (χ2n) is 4.59. The number of carbonyl (C=O) groups is 1. The fraction of sp³-hybridized carbons (Fsp3) is 0.909. The average molecular weight is 181 g/mol. The van der Waals surface area contributed by atoms with Crippen LogP contribution in [0.3, 0.4) is 0 Å². The fourth-order valence-corrected chi connectivity index (χ4v) is 2.75. The first-order valence-corrected chi connectivity index (χ1v) is 5.58. The van der Waals surface area contributed by atoms with Gasteiger partial charge >= 0.3 is 0 Å². The zero-order valence-electron chi connectivity index (χ0n) is 8.27. The predicted octanol–water partition coefficient (Wildman–Crippen LogP) is 2.03. The molecule has 1 aliphatic heterocycles. The molecule has 0 atom stereocenters. The molecule has 2 aliphatic rings. The monoisotopic (exact) mass is 181 g/mol. The molecular formula is C11H19NO. The number of hydrogen-bond donors (Lipinski definition) is 1. The summed E-state index contributed by atoms with van der Waals surface area (Å²) in [5.41, 5.74) is 0.214. The van der Waals surface area contributed by atoms with Crippen molar-refractivity contribution in [1.82, 2.24) is 5.32 Å². The van der Waals surface area contributed by atoms with Crippen LogP contribution in [0, 0.1) is 0 Å². The normalized spacial score (nSPS) is 28.8. The van der Waals surface area contributed by atoms with Crippen LogP contribution in [-0.2, 0) is 4.79 Å². The summed E-state index contributed by atoms with van der Waals surface area (Å²) in [5, 5.41) is 3.61. The van der Waals surface area contributed by atoms with Crippen molar-refractivity contribution in [2.45, 2.75) is 56.9 Å². The maximum absolute atomic E-state index is 11.5. The molecule has 1 heterocycles. The Kier molecular flexibility index (Phi) is 2.68. The highest BCUT2D eigenvalue weighted by molar-refractivity contribution is 5.79. The molecule has 13 heavy (non-hydrogen) atoms. The minimum Gasteiger partial charge on any atom is -0.311 e. The summed E-state index contributed by atoms with van der Waals surface area (Å²) in [6.45, 7) is 1.05. The highest BCUT2D eigenvalue weighted by Gasteiger charge is 2.34. The van der Waals surface area contributed by atoms with Crippen molar-refractivity contribution in [2.24, 2.45) is 0 Å². The minimum atomic E-state index is 0.214. The van der Waals surface area contributed by atoms with Gasteiger partial charge in [-0.2, -0.15) is 0 Å². The van der Waals surface area contributed by atoms with E-state index >= 15 is 0 Å². The van der Waals surface area contributed by atoms with Crippen molar-refractivity contribution in [1.29, 1.82) is 0 Å². The zero-order chi connectivity index (χ0) is 9.15. The highest BCUT2D eigenvalue weighted by atomic mass is 16.1. The molecule has 0 amide bonds. The van der Waals surface area contributed by atoms with Crippen LogP contribution in [-0.4, -0.2) is 17.9 Å². The molecule has 1 aliphatic carbocycles. The van der Waals surface area contributed by atoms with Crippen LogP contribution in [0.5, 0.6) is 0 Å². The van der Waals surface area contributed by atoms with Gasteiger partial charge in [0.25, 0.3) is 0 Å². The molecule has 2 heteroatoms. The summed E-state index contributed by atoms with van der Waals surface area (Å²) >= 11 is 0. The van der Waals surface area contributed by atoms with Gasteiger partial charge in [0.2, 0.25) is 0 Å². The highest BCUT2D eigenvalue weighted by Crippen LogP contribution is 2.32. The summed E-state index contributed by atoms with van der Waals surface area (Å²) in [4.78, 5) is 11.5. The third-order valence-corrected chi connectivity index (χ3v) is 3.48. The smallest absolute Gasteiger partial charge is 0.134 e. The van der Waals surface area contributed by atoms with Crippen molar-refractivity contribution in [3.05, 3.63) is 0 Å². The van der Waals surface area contributed by atoms with E-state index in [0.29, 0.717) is 5.78 Å². The quantitative estimate of drug-likeness (QED) is 0.619. The second kappa shape index (κ2) is 3.79. The van der Waals surface area contributed by atoms with Gasteiger partial charge in [0.05, 0.1) is 0 Å². The van der Waals surface area contributed by atoms with Gasteiger partial charge in [-0.1, -0.05) is 19.3 Å². The topological polar surface area (TPSA) is 29.1 Å².